The van der Waals surface area contributed by atoms with Crippen LogP contribution in [0.1, 0.15) is 13.8 Å². The van der Waals surface area contributed by atoms with Gasteiger partial charge in [0.05, 0.1) is 0 Å². The van der Waals surface area contributed by atoms with Gasteiger partial charge in [-0.1, -0.05) is 42.1 Å². The van der Waals surface area contributed by atoms with Crippen LogP contribution in [-0.2, 0) is 0 Å². The van der Waals surface area contributed by atoms with Gasteiger partial charge in [0.25, 0.3) is 0 Å². The minimum atomic E-state index is 0. The Bertz CT molecular complexity index is 589. The molecule has 0 unspecified atom stereocenters. The fraction of sp³-hybridized carbons (Fsp3) is 0.125. The molecular weight excluding hydrogens is 231 g/mol. The average molecular weight is 246 g/mol. The Hall–Kier alpha value is -0.873. The van der Waals surface area contributed by atoms with Crippen molar-refractivity contribution in [1.82, 2.24) is 0 Å². The Balaban J connectivity index is 0.00000120. The summed E-state index contributed by atoms with van der Waals surface area (Å²) in [6.07, 6.45) is 6.75. The van der Waals surface area contributed by atoms with Crippen LogP contribution in [0, 0.1) is 0 Å². The van der Waals surface area contributed by atoms with Crippen molar-refractivity contribution in [3.8, 4) is 0 Å². The van der Waals surface area contributed by atoms with Gasteiger partial charge in [0.2, 0.25) is 0 Å². The zero-order chi connectivity index (χ0) is 11.8. The van der Waals surface area contributed by atoms with E-state index in [9.17, 15) is 0 Å². The predicted molar refractivity (Wildman–Crippen MR) is 82.1 cm³/mol. The summed E-state index contributed by atoms with van der Waals surface area (Å²) in [5.74, 6) is 0. The van der Waals surface area contributed by atoms with Crippen molar-refractivity contribution in [2.45, 2.75) is 18.7 Å². The van der Waals surface area contributed by atoms with Gasteiger partial charge in [0, 0.05) is 9.80 Å². The Morgan fingerprint density at radius 1 is 0.889 bits per heavy atom. The van der Waals surface area contributed by atoms with Crippen molar-refractivity contribution in [3.05, 3.63) is 75.8 Å². The topological polar surface area (TPSA) is 0 Å². The summed E-state index contributed by atoms with van der Waals surface area (Å²) in [4.78, 5) is 2.69. The van der Waals surface area contributed by atoms with Crippen LogP contribution >= 0.6 is 11.8 Å². The SMILES string of the molecule is CC1=C2C=C(Sc3ccccc3)C(C)=C2C=C1.[LiH]. The van der Waals surface area contributed by atoms with Crippen LogP contribution < -0.4 is 0 Å². The molecule has 0 N–H and O–H groups in total. The quantitative estimate of drug-likeness (QED) is 0.704. The molecule has 0 aliphatic heterocycles. The molecule has 0 heterocycles. The fourth-order valence-corrected chi connectivity index (χ4v) is 3.20. The van der Waals surface area contributed by atoms with Crippen molar-refractivity contribution >= 4 is 30.6 Å². The van der Waals surface area contributed by atoms with Gasteiger partial charge in [0.1, 0.15) is 0 Å². The van der Waals surface area contributed by atoms with Crippen molar-refractivity contribution < 1.29 is 0 Å². The number of rotatable bonds is 2. The summed E-state index contributed by atoms with van der Waals surface area (Å²) in [6.45, 7) is 4.39. The third-order valence-electron chi connectivity index (χ3n) is 3.24. The normalized spacial score (nSPS) is 16.9. The molecular formula is C16H15LiS. The summed E-state index contributed by atoms with van der Waals surface area (Å²) in [6, 6.07) is 10.6. The molecule has 0 spiro atoms. The molecule has 86 valence electrons. The first-order chi connectivity index (χ1) is 8.25. The fourth-order valence-electron chi connectivity index (χ4n) is 2.21. The van der Waals surface area contributed by atoms with Crippen LogP contribution in [0.2, 0.25) is 0 Å². The molecule has 0 saturated carbocycles. The predicted octanol–water partition coefficient (Wildman–Crippen LogP) is 4.23. The summed E-state index contributed by atoms with van der Waals surface area (Å²) in [7, 11) is 0. The van der Waals surface area contributed by atoms with Crippen LogP contribution in [0.3, 0.4) is 0 Å². The molecule has 1 aromatic carbocycles. The van der Waals surface area contributed by atoms with E-state index in [1.54, 1.807) is 0 Å². The monoisotopic (exact) mass is 246 g/mol. The molecule has 0 fully saturated rings. The van der Waals surface area contributed by atoms with Gasteiger partial charge in [-0.15, -0.1) is 0 Å². The molecule has 0 atom stereocenters. The molecule has 0 saturated heterocycles. The zero-order valence-electron chi connectivity index (χ0n) is 10.0. The standard InChI is InChI=1S/C16H14S.Li.H/c1-11-8-9-14-12(2)16(10-15(11)14)17-13-6-4-3-5-7-13;;/h3-10H,1-2H3;;. The Morgan fingerprint density at radius 2 is 1.61 bits per heavy atom. The van der Waals surface area contributed by atoms with Gasteiger partial charge in [-0.05, 0) is 54.3 Å². The Morgan fingerprint density at radius 3 is 2.28 bits per heavy atom. The van der Waals surface area contributed by atoms with E-state index in [0.717, 1.165) is 0 Å². The van der Waals surface area contributed by atoms with Gasteiger partial charge in [0.15, 0.2) is 0 Å². The molecule has 0 radical (unpaired) electrons. The molecule has 0 nitrogen and oxygen atoms in total. The second-order valence-corrected chi connectivity index (χ2v) is 5.51. The number of hydrogen-bond acceptors (Lipinski definition) is 1. The summed E-state index contributed by atoms with van der Waals surface area (Å²) in [5.41, 5.74) is 5.59. The molecule has 0 bridgehead atoms. The van der Waals surface area contributed by atoms with E-state index >= 15 is 0 Å². The molecule has 0 amide bonds. The van der Waals surface area contributed by atoms with E-state index in [0.29, 0.717) is 0 Å². The third-order valence-corrected chi connectivity index (χ3v) is 4.39. The first kappa shape index (κ1) is 13.6. The van der Waals surface area contributed by atoms with Crippen molar-refractivity contribution in [3.63, 3.8) is 0 Å². The van der Waals surface area contributed by atoms with Gasteiger partial charge in [-0.2, -0.15) is 0 Å². The van der Waals surface area contributed by atoms with Crippen molar-refractivity contribution in [1.29, 1.82) is 0 Å². The molecule has 2 heteroatoms. The summed E-state index contributed by atoms with van der Waals surface area (Å²) in [5, 5.41) is 0. The van der Waals surface area contributed by atoms with E-state index in [1.807, 2.05) is 11.8 Å². The number of allylic oxidation sites excluding steroid dienone is 7. The molecule has 0 aromatic heterocycles. The van der Waals surface area contributed by atoms with E-state index in [2.05, 4.69) is 62.4 Å². The third kappa shape index (κ3) is 2.31. The van der Waals surface area contributed by atoms with Crippen LogP contribution in [-0.4, -0.2) is 18.9 Å². The van der Waals surface area contributed by atoms with Crippen LogP contribution in [0.5, 0.6) is 0 Å². The molecule has 1 aromatic rings. The summed E-state index contributed by atoms with van der Waals surface area (Å²) >= 11 is 1.85. The van der Waals surface area contributed by atoms with Crippen LogP contribution in [0.25, 0.3) is 0 Å². The van der Waals surface area contributed by atoms with Gasteiger partial charge in [-0.25, -0.2) is 0 Å². The van der Waals surface area contributed by atoms with Crippen LogP contribution in [0.4, 0.5) is 0 Å². The van der Waals surface area contributed by atoms with Gasteiger partial charge in [-0.3, -0.25) is 0 Å². The van der Waals surface area contributed by atoms with Gasteiger partial charge < -0.3 is 0 Å². The van der Waals surface area contributed by atoms with E-state index in [1.165, 1.54) is 32.1 Å². The molecule has 2 aliphatic carbocycles. The summed E-state index contributed by atoms with van der Waals surface area (Å²) < 4.78 is 0. The van der Waals surface area contributed by atoms with Gasteiger partial charge >= 0.3 is 18.9 Å². The molecule has 3 rings (SSSR count). The van der Waals surface area contributed by atoms with Crippen molar-refractivity contribution in [2.24, 2.45) is 0 Å². The number of hydrogen-bond donors (Lipinski definition) is 0. The number of thioether (sulfide) groups is 1. The maximum atomic E-state index is 2.32. The number of fused-ring (bicyclic) bond motifs is 1. The molecule has 2 aliphatic rings. The number of benzene rings is 1. The Labute approximate surface area is 125 Å². The van der Waals surface area contributed by atoms with Crippen LogP contribution in [0.15, 0.2) is 80.7 Å². The maximum absolute atomic E-state index is 2.32. The zero-order valence-corrected chi connectivity index (χ0v) is 10.8. The van der Waals surface area contributed by atoms with E-state index < -0.39 is 0 Å². The minimum absolute atomic E-state index is 0. The van der Waals surface area contributed by atoms with E-state index in [4.69, 9.17) is 0 Å². The first-order valence-corrected chi connectivity index (χ1v) is 6.62. The average Bonchev–Trinajstić information content (AvgIpc) is 2.84. The Kier molecular flexibility index (Phi) is 4.07. The van der Waals surface area contributed by atoms with Crippen molar-refractivity contribution in [2.75, 3.05) is 0 Å². The second-order valence-electron chi connectivity index (χ2n) is 4.39. The first-order valence-electron chi connectivity index (χ1n) is 5.81. The molecule has 18 heavy (non-hydrogen) atoms. The van der Waals surface area contributed by atoms with E-state index in [-0.39, 0.29) is 18.9 Å². The second kappa shape index (κ2) is 5.41.